The van der Waals surface area contributed by atoms with Crippen molar-refractivity contribution in [2.45, 2.75) is 31.7 Å². The van der Waals surface area contributed by atoms with E-state index >= 15 is 0 Å². The Labute approximate surface area is 130 Å². The molecule has 0 aromatic carbocycles. The number of thiophene rings is 1. The van der Waals surface area contributed by atoms with Crippen LogP contribution in [-0.4, -0.2) is 44.7 Å². The van der Waals surface area contributed by atoms with Crippen LogP contribution >= 0.6 is 11.3 Å². The lowest BCUT2D eigenvalue weighted by molar-refractivity contribution is -0.148. The average molecular weight is 321 g/mol. The SMILES string of the molecule is O=C(O)[C@H]1CCCN1C(=O)CCc1nnc(-c2ccsc2)o1. The molecule has 1 aliphatic heterocycles. The van der Waals surface area contributed by atoms with Gasteiger partial charge in [-0.2, -0.15) is 11.3 Å². The summed E-state index contributed by atoms with van der Waals surface area (Å²) in [7, 11) is 0. The summed E-state index contributed by atoms with van der Waals surface area (Å²) in [6, 6.07) is 1.19. The number of likely N-dealkylation sites (tertiary alicyclic amines) is 1. The smallest absolute Gasteiger partial charge is 0.326 e. The Balaban J connectivity index is 1.58. The lowest BCUT2D eigenvalue weighted by Crippen LogP contribution is -2.40. The molecule has 2 aromatic heterocycles. The molecule has 1 aliphatic rings. The second-order valence-corrected chi connectivity index (χ2v) is 5.88. The summed E-state index contributed by atoms with van der Waals surface area (Å²) in [5.74, 6) is -0.294. The fourth-order valence-electron chi connectivity index (χ4n) is 2.54. The Morgan fingerprint density at radius 1 is 1.45 bits per heavy atom. The minimum Gasteiger partial charge on any atom is -0.480 e. The van der Waals surface area contributed by atoms with Gasteiger partial charge in [-0.1, -0.05) is 0 Å². The van der Waals surface area contributed by atoms with Crippen molar-refractivity contribution in [2.24, 2.45) is 0 Å². The monoisotopic (exact) mass is 321 g/mol. The Hall–Kier alpha value is -2.22. The highest BCUT2D eigenvalue weighted by molar-refractivity contribution is 7.08. The molecule has 0 spiro atoms. The summed E-state index contributed by atoms with van der Waals surface area (Å²) >= 11 is 1.54. The lowest BCUT2D eigenvalue weighted by Gasteiger charge is -2.20. The van der Waals surface area contributed by atoms with Gasteiger partial charge in [0, 0.05) is 30.3 Å². The van der Waals surface area contributed by atoms with E-state index in [-0.39, 0.29) is 12.3 Å². The van der Waals surface area contributed by atoms with E-state index in [1.54, 1.807) is 0 Å². The van der Waals surface area contributed by atoms with E-state index in [1.165, 1.54) is 16.2 Å². The summed E-state index contributed by atoms with van der Waals surface area (Å²) in [5, 5.41) is 20.8. The molecule has 3 rings (SSSR count). The van der Waals surface area contributed by atoms with Crippen molar-refractivity contribution in [3.63, 3.8) is 0 Å². The number of nitrogens with zero attached hydrogens (tertiary/aromatic N) is 3. The third-order valence-electron chi connectivity index (χ3n) is 3.65. The number of aliphatic carboxylic acids is 1. The number of rotatable bonds is 5. The van der Waals surface area contributed by atoms with Gasteiger partial charge in [0.1, 0.15) is 6.04 Å². The highest BCUT2D eigenvalue weighted by Gasteiger charge is 2.33. The van der Waals surface area contributed by atoms with E-state index < -0.39 is 12.0 Å². The molecule has 0 saturated carbocycles. The number of aryl methyl sites for hydroxylation is 1. The number of carboxylic acid groups (broad SMARTS) is 1. The van der Waals surface area contributed by atoms with Crippen molar-refractivity contribution in [3.05, 3.63) is 22.7 Å². The highest BCUT2D eigenvalue weighted by Crippen LogP contribution is 2.22. The second kappa shape index (κ2) is 6.27. The van der Waals surface area contributed by atoms with Gasteiger partial charge in [0.15, 0.2) is 0 Å². The number of aromatic nitrogens is 2. The van der Waals surface area contributed by atoms with Gasteiger partial charge in [-0.3, -0.25) is 4.79 Å². The van der Waals surface area contributed by atoms with Gasteiger partial charge in [-0.25, -0.2) is 4.79 Å². The third-order valence-corrected chi connectivity index (χ3v) is 4.33. The molecule has 3 heterocycles. The molecular formula is C14H15N3O4S. The number of amides is 1. The van der Waals surface area contributed by atoms with E-state index in [1.807, 2.05) is 16.8 Å². The molecule has 8 heteroatoms. The number of carboxylic acids is 1. The minimum absolute atomic E-state index is 0.176. The molecule has 1 amide bonds. The van der Waals surface area contributed by atoms with Gasteiger partial charge in [0.05, 0.1) is 0 Å². The number of carbonyl (C=O) groups is 2. The topological polar surface area (TPSA) is 96.5 Å². The van der Waals surface area contributed by atoms with Gasteiger partial charge in [0.25, 0.3) is 0 Å². The van der Waals surface area contributed by atoms with Crippen LogP contribution < -0.4 is 0 Å². The van der Waals surface area contributed by atoms with Crippen molar-refractivity contribution in [1.29, 1.82) is 0 Å². The maximum atomic E-state index is 12.1. The maximum Gasteiger partial charge on any atom is 0.326 e. The molecule has 22 heavy (non-hydrogen) atoms. The largest absolute Gasteiger partial charge is 0.480 e. The summed E-state index contributed by atoms with van der Waals surface area (Å²) in [6.45, 7) is 0.500. The van der Waals surface area contributed by atoms with E-state index in [0.717, 1.165) is 12.0 Å². The van der Waals surface area contributed by atoms with Crippen molar-refractivity contribution >= 4 is 23.2 Å². The van der Waals surface area contributed by atoms with Gasteiger partial charge < -0.3 is 14.4 Å². The van der Waals surface area contributed by atoms with Crippen LogP contribution in [0.5, 0.6) is 0 Å². The fraction of sp³-hybridized carbons (Fsp3) is 0.429. The van der Waals surface area contributed by atoms with E-state index in [9.17, 15) is 9.59 Å². The molecule has 0 bridgehead atoms. The van der Waals surface area contributed by atoms with Crippen molar-refractivity contribution in [1.82, 2.24) is 15.1 Å². The predicted octanol–water partition coefficient (Wildman–Crippen LogP) is 1.81. The zero-order valence-electron chi connectivity index (χ0n) is 11.8. The number of carbonyl (C=O) groups excluding carboxylic acids is 1. The molecule has 1 atom stereocenters. The average Bonchev–Trinajstić information content (AvgIpc) is 3.23. The Kier molecular flexibility index (Phi) is 4.19. The standard InChI is InChI=1S/C14H15N3O4S/c18-12(17-6-1-2-10(17)14(19)20)4-3-11-15-16-13(21-11)9-5-7-22-8-9/h5,7-8,10H,1-4,6H2,(H,19,20)/t10-/m1/s1. The maximum absolute atomic E-state index is 12.1. The van der Waals surface area contributed by atoms with Crippen LogP contribution in [0.4, 0.5) is 0 Å². The molecule has 1 saturated heterocycles. The van der Waals surface area contributed by atoms with Crippen LogP contribution in [0.25, 0.3) is 11.5 Å². The number of hydrogen-bond acceptors (Lipinski definition) is 6. The predicted molar refractivity (Wildman–Crippen MR) is 78.3 cm³/mol. The Morgan fingerprint density at radius 2 is 2.32 bits per heavy atom. The summed E-state index contributed by atoms with van der Waals surface area (Å²) < 4.78 is 5.51. The Bertz CT molecular complexity index is 667. The molecule has 7 nitrogen and oxygen atoms in total. The summed E-state index contributed by atoms with van der Waals surface area (Å²) in [5.41, 5.74) is 0.862. The fourth-order valence-corrected chi connectivity index (χ4v) is 3.17. The van der Waals surface area contributed by atoms with Crippen molar-refractivity contribution in [3.8, 4) is 11.5 Å². The molecule has 0 unspecified atom stereocenters. The molecule has 2 aromatic rings. The van der Waals surface area contributed by atoms with E-state index in [2.05, 4.69) is 10.2 Å². The first-order valence-electron chi connectivity index (χ1n) is 7.02. The zero-order valence-corrected chi connectivity index (χ0v) is 12.6. The molecule has 116 valence electrons. The van der Waals surface area contributed by atoms with E-state index in [0.29, 0.717) is 31.2 Å². The quantitative estimate of drug-likeness (QED) is 0.902. The van der Waals surface area contributed by atoms with Gasteiger partial charge >= 0.3 is 5.97 Å². The first-order valence-corrected chi connectivity index (χ1v) is 7.96. The van der Waals surface area contributed by atoms with Crippen molar-refractivity contribution in [2.75, 3.05) is 6.54 Å². The normalized spacial score (nSPS) is 17.8. The van der Waals surface area contributed by atoms with Gasteiger partial charge in [0.2, 0.25) is 17.7 Å². The molecule has 0 aliphatic carbocycles. The van der Waals surface area contributed by atoms with Crippen LogP contribution in [0, 0.1) is 0 Å². The first kappa shape index (κ1) is 14.7. The van der Waals surface area contributed by atoms with Crippen LogP contribution in [0.15, 0.2) is 21.2 Å². The van der Waals surface area contributed by atoms with Crippen LogP contribution in [0.1, 0.15) is 25.2 Å². The van der Waals surface area contributed by atoms with Crippen molar-refractivity contribution < 1.29 is 19.1 Å². The number of hydrogen-bond donors (Lipinski definition) is 1. The zero-order chi connectivity index (χ0) is 15.5. The van der Waals surface area contributed by atoms with E-state index in [4.69, 9.17) is 9.52 Å². The molecule has 0 radical (unpaired) electrons. The Morgan fingerprint density at radius 3 is 3.05 bits per heavy atom. The van der Waals surface area contributed by atoms with Crippen LogP contribution in [-0.2, 0) is 16.0 Å². The second-order valence-electron chi connectivity index (χ2n) is 5.10. The van der Waals surface area contributed by atoms with Gasteiger partial charge in [-0.15, -0.1) is 10.2 Å². The first-order chi connectivity index (χ1) is 10.6. The third kappa shape index (κ3) is 3.01. The van der Waals surface area contributed by atoms with Crippen LogP contribution in [0.2, 0.25) is 0 Å². The summed E-state index contributed by atoms with van der Waals surface area (Å²) in [6.07, 6.45) is 1.74. The minimum atomic E-state index is -0.941. The van der Waals surface area contributed by atoms with Crippen LogP contribution in [0.3, 0.4) is 0 Å². The molecule has 1 N–H and O–H groups in total. The molecule has 1 fully saturated rings. The summed E-state index contributed by atoms with van der Waals surface area (Å²) in [4.78, 5) is 24.7. The molecular weight excluding hydrogens is 306 g/mol. The highest BCUT2D eigenvalue weighted by atomic mass is 32.1. The lowest BCUT2D eigenvalue weighted by atomic mass is 10.2. The van der Waals surface area contributed by atoms with Gasteiger partial charge in [-0.05, 0) is 24.3 Å².